The number of hydrogen-bond donors (Lipinski definition) is 0. The molecule has 0 aliphatic rings. The van der Waals surface area contributed by atoms with Gasteiger partial charge in [0.25, 0.3) is 5.56 Å². The van der Waals surface area contributed by atoms with E-state index in [1.165, 1.54) is 0 Å². The van der Waals surface area contributed by atoms with Crippen LogP contribution in [0.2, 0.25) is 0 Å². The van der Waals surface area contributed by atoms with E-state index in [2.05, 4.69) is 4.98 Å². The summed E-state index contributed by atoms with van der Waals surface area (Å²) in [5.41, 5.74) is 1.60. The predicted molar refractivity (Wildman–Crippen MR) is 82.8 cm³/mol. The van der Waals surface area contributed by atoms with Gasteiger partial charge in [-0.3, -0.25) is 4.79 Å². The fourth-order valence-corrected chi connectivity index (χ4v) is 2.16. The molecule has 1 aromatic heterocycles. The average Bonchev–Trinajstić information content (AvgIpc) is 2.52. The lowest BCUT2D eigenvalue weighted by atomic mass is 10.2. The van der Waals surface area contributed by atoms with E-state index in [9.17, 15) is 9.59 Å². The molecule has 3 rings (SSSR count). The van der Waals surface area contributed by atoms with Crippen molar-refractivity contribution in [3.05, 3.63) is 75.8 Å². The molecule has 0 saturated carbocycles. The van der Waals surface area contributed by atoms with Gasteiger partial charge in [-0.05, 0) is 38.1 Å². The zero-order chi connectivity index (χ0) is 15.7. The SMILES string of the molecule is Cc1ccc(C(=O)On2c(C)nc3ccccc3c2=O)cc1. The van der Waals surface area contributed by atoms with Gasteiger partial charge in [-0.25, -0.2) is 9.78 Å². The summed E-state index contributed by atoms with van der Waals surface area (Å²) < 4.78 is 0.935. The summed E-state index contributed by atoms with van der Waals surface area (Å²) in [5.74, 6) is -0.272. The number of aryl methyl sites for hydroxylation is 2. The highest BCUT2D eigenvalue weighted by Crippen LogP contribution is 2.08. The molecule has 0 saturated heterocycles. The zero-order valence-corrected chi connectivity index (χ0v) is 12.2. The van der Waals surface area contributed by atoms with Crippen molar-refractivity contribution in [2.24, 2.45) is 0 Å². The molecule has 5 heteroatoms. The summed E-state index contributed by atoms with van der Waals surface area (Å²) in [4.78, 5) is 34.1. The standard InChI is InChI=1S/C17H14N2O3/c1-11-7-9-13(10-8-11)17(21)22-19-12(2)18-15-6-4-3-5-14(15)16(19)20/h3-10H,1-2H3. The molecular formula is C17H14N2O3. The van der Waals surface area contributed by atoms with Gasteiger partial charge < -0.3 is 4.84 Å². The van der Waals surface area contributed by atoms with Gasteiger partial charge in [0, 0.05) is 0 Å². The Bertz CT molecular complexity index is 911. The Morgan fingerprint density at radius 1 is 1.05 bits per heavy atom. The van der Waals surface area contributed by atoms with Gasteiger partial charge in [-0.15, -0.1) is 4.73 Å². The Morgan fingerprint density at radius 3 is 2.45 bits per heavy atom. The molecule has 0 bridgehead atoms. The van der Waals surface area contributed by atoms with Gasteiger partial charge in [0.15, 0.2) is 0 Å². The third kappa shape index (κ3) is 2.48. The summed E-state index contributed by atoms with van der Waals surface area (Å²) in [6, 6.07) is 13.9. The van der Waals surface area contributed by atoms with Crippen LogP contribution in [-0.4, -0.2) is 15.7 Å². The van der Waals surface area contributed by atoms with Crippen LogP contribution in [-0.2, 0) is 0 Å². The lowest BCUT2D eigenvalue weighted by molar-refractivity contribution is 0.0428. The monoisotopic (exact) mass is 294 g/mol. The summed E-state index contributed by atoms with van der Waals surface area (Å²) in [7, 11) is 0. The normalized spacial score (nSPS) is 10.6. The maximum atomic E-state index is 12.4. The first-order chi connectivity index (χ1) is 10.6. The lowest BCUT2D eigenvalue weighted by Crippen LogP contribution is -2.33. The van der Waals surface area contributed by atoms with Crippen LogP contribution in [0.4, 0.5) is 0 Å². The van der Waals surface area contributed by atoms with Gasteiger partial charge in [0.2, 0.25) is 0 Å². The first kappa shape index (κ1) is 14.0. The van der Waals surface area contributed by atoms with Crippen molar-refractivity contribution in [3.8, 4) is 0 Å². The summed E-state index contributed by atoms with van der Waals surface area (Å²) in [6.07, 6.45) is 0. The second-order valence-electron chi connectivity index (χ2n) is 5.02. The largest absolute Gasteiger partial charge is 0.363 e. The number of hydrogen-bond acceptors (Lipinski definition) is 4. The third-order valence-corrected chi connectivity index (χ3v) is 3.36. The molecule has 0 radical (unpaired) electrons. The van der Waals surface area contributed by atoms with E-state index in [-0.39, 0.29) is 0 Å². The van der Waals surface area contributed by atoms with Crippen molar-refractivity contribution in [3.63, 3.8) is 0 Å². The molecule has 0 spiro atoms. The first-order valence-electron chi connectivity index (χ1n) is 6.84. The molecular weight excluding hydrogens is 280 g/mol. The number of aromatic nitrogens is 2. The Balaban J connectivity index is 2.02. The smallest absolute Gasteiger partial charge is 0.326 e. The molecule has 1 heterocycles. The second kappa shape index (κ2) is 5.44. The van der Waals surface area contributed by atoms with E-state index in [4.69, 9.17) is 4.84 Å². The average molecular weight is 294 g/mol. The molecule has 2 aromatic carbocycles. The first-order valence-corrected chi connectivity index (χ1v) is 6.84. The van der Waals surface area contributed by atoms with E-state index in [0.29, 0.717) is 22.3 Å². The van der Waals surface area contributed by atoms with E-state index in [1.807, 2.05) is 19.1 Å². The van der Waals surface area contributed by atoms with Crippen molar-refractivity contribution in [2.45, 2.75) is 13.8 Å². The van der Waals surface area contributed by atoms with Gasteiger partial charge in [0.1, 0.15) is 5.82 Å². The number of fused-ring (bicyclic) bond motifs is 1. The lowest BCUT2D eigenvalue weighted by Gasteiger charge is -2.10. The fraction of sp³-hybridized carbons (Fsp3) is 0.118. The topological polar surface area (TPSA) is 61.2 Å². The van der Waals surface area contributed by atoms with Crippen LogP contribution in [0.15, 0.2) is 53.3 Å². The van der Waals surface area contributed by atoms with Crippen molar-refractivity contribution < 1.29 is 9.63 Å². The highest BCUT2D eigenvalue weighted by Gasteiger charge is 2.14. The molecule has 0 amide bonds. The quantitative estimate of drug-likeness (QED) is 0.727. The molecule has 0 N–H and O–H groups in total. The van der Waals surface area contributed by atoms with Crippen LogP contribution in [0.1, 0.15) is 21.7 Å². The van der Waals surface area contributed by atoms with Crippen LogP contribution in [0.25, 0.3) is 10.9 Å². The molecule has 110 valence electrons. The minimum Gasteiger partial charge on any atom is -0.326 e. The Kier molecular flexibility index (Phi) is 3.47. The number of rotatable bonds is 2. The Hall–Kier alpha value is -2.95. The van der Waals surface area contributed by atoms with Crippen LogP contribution in [0.5, 0.6) is 0 Å². The number of carbonyl (C=O) groups excluding carboxylic acids is 1. The minimum atomic E-state index is -0.595. The molecule has 0 unspecified atom stereocenters. The molecule has 0 atom stereocenters. The molecule has 3 aromatic rings. The highest BCUT2D eigenvalue weighted by atomic mass is 16.7. The Morgan fingerprint density at radius 2 is 1.73 bits per heavy atom. The van der Waals surface area contributed by atoms with Crippen LogP contribution in [0, 0.1) is 13.8 Å². The molecule has 0 aliphatic carbocycles. The summed E-state index contributed by atoms with van der Waals surface area (Å²) >= 11 is 0. The van der Waals surface area contributed by atoms with Crippen molar-refractivity contribution >= 4 is 16.9 Å². The predicted octanol–water partition coefficient (Wildman–Crippen LogP) is 2.28. The van der Waals surface area contributed by atoms with Crippen molar-refractivity contribution in [1.29, 1.82) is 0 Å². The Labute approximate surface area is 126 Å². The third-order valence-electron chi connectivity index (χ3n) is 3.36. The van der Waals surface area contributed by atoms with Crippen LogP contribution < -0.4 is 10.4 Å². The van der Waals surface area contributed by atoms with E-state index in [1.54, 1.807) is 43.3 Å². The molecule has 5 nitrogen and oxygen atoms in total. The van der Waals surface area contributed by atoms with Gasteiger partial charge in [-0.1, -0.05) is 29.8 Å². The van der Waals surface area contributed by atoms with E-state index >= 15 is 0 Å². The molecule has 0 aliphatic heterocycles. The van der Waals surface area contributed by atoms with Gasteiger partial charge >= 0.3 is 5.97 Å². The number of benzene rings is 2. The van der Waals surface area contributed by atoms with E-state index in [0.717, 1.165) is 10.3 Å². The van der Waals surface area contributed by atoms with E-state index < -0.39 is 11.5 Å². The summed E-state index contributed by atoms with van der Waals surface area (Å²) in [5, 5.41) is 0.407. The molecule has 22 heavy (non-hydrogen) atoms. The maximum absolute atomic E-state index is 12.4. The molecule has 0 fully saturated rings. The van der Waals surface area contributed by atoms with Crippen molar-refractivity contribution in [1.82, 2.24) is 9.71 Å². The number of nitrogens with zero attached hydrogens (tertiary/aromatic N) is 2. The zero-order valence-electron chi connectivity index (χ0n) is 12.2. The van der Waals surface area contributed by atoms with Crippen molar-refractivity contribution in [2.75, 3.05) is 0 Å². The van der Waals surface area contributed by atoms with Crippen LogP contribution in [0.3, 0.4) is 0 Å². The fourth-order valence-electron chi connectivity index (χ4n) is 2.16. The van der Waals surface area contributed by atoms with Crippen LogP contribution >= 0.6 is 0 Å². The second-order valence-corrected chi connectivity index (χ2v) is 5.02. The number of para-hydroxylation sites is 1. The minimum absolute atomic E-state index is 0.323. The van der Waals surface area contributed by atoms with Gasteiger partial charge in [-0.2, -0.15) is 0 Å². The maximum Gasteiger partial charge on any atom is 0.363 e. The number of carbonyl (C=O) groups is 1. The summed E-state index contributed by atoms with van der Waals surface area (Å²) in [6.45, 7) is 3.55. The highest BCUT2D eigenvalue weighted by molar-refractivity contribution is 5.89. The van der Waals surface area contributed by atoms with Gasteiger partial charge in [0.05, 0.1) is 16.5 Å².